The second-order valence-corrected chi connectivity index (χ2v) is 5.21. The van der Waals surface area contributed by atoms with Crippen molar-refractivity contribution in [3.8, 4) is 23.6 Å². The monoisotopic (exact) mass is 291 g/mol. The predicted molar refractivity (Wildman–Crippen MR) is 80.0 cm³/mol. The molecular weight excluding hydrogens is 277 g/mol. The van der Waals surface area contributed by atoms with Crippen molar-refractivity contribution >= 4 is 17.4 Å². The van der Waals surface area contributed by atoms with Gasteiger partial charge in [0.2, 0.25) is 0 Å². The molecule has 2 aromatic rings. The minimum Gasteiger partial charge on any atom is -0.383 e. The molecule has 0 aliphatic heterocycles. The van der Waals surface area contributed by atoms with Crippen LogP contribution in [0.25, 0.3) is 11.3 Å². The van der Waals surface area contributed by atoms with E-state index in [1.807, 2.05) is 13.8 Å². The number of anilines is 1. The highest BCUT2D eigenvalue weighted by Crippen LogP contribution is 2.32. The van der Waals surface area contributed by atoms with Crippen LogP contribution in [0.1, 0.15) is 25.6 Å². The normalized spacial score (nSPS) is 10.8. The van der Waals surface area contributed by atoms with E-state index in [1.165, 1.54) is 18.2 Å². The summed E-state index contributed by atoms with van der Waals surface area (Å²) < 4.78 is 15.7. The lowest BCUT2D eigenvalue weighted by atomic mass is 10.1. The zero-order chi connectivity index (χ0) is 14.9. The average Bonchev–Trinajstić information content (AvgIpc) is 2.71. The van der Waals surface area contributed by atoms with E-state index in [-0.39, 0.29) is 11.5 Å². The molecule has 20 heavy (non-hydrogen) atoms. The molecule has 3 nitrogen and oxygen atoms in total. The minimum atomic E-state index is -0.415. The number of nitrogen functional groups attached to an aromatic ring is 1. The van der Waals surface area contributed by atoms with Crippen LogP contribution in [0.3, 0.4) is 0 Å². The molecule has 0 aliphatic carbocycles. The number of hydrogen-bond donors (Lipinski definition) is 1. The Balaban J connectivity index is 2.66. The van der Waals surface area contributed by atoms with Gasteiger partial charge in [0.1, 0.15) is 23.2 Å². The van der Waals surface area contributed by atoms with E-state index in [4.69, 9.17) is 23.8 Å². The fraction of sp³-hybridized carbons (Fsp3) is 0.267. The van der Waals surface area contributed by atoms with Crippen LogP contribution in [0.15, 0.2) is 18.2 Å². The summed E-state index contributed by atoms with van der Waals surface area (Å²) in [6, 6.07) is 4.30. The molecule has 0 aliphatic rings. The molecule has 0 saturated carbocycles. The number of halogens is 2. The van der Waals surface area contributed by atoms with Gasteiger partial charge in [0.25, 0.3) is 0 Å². The summed E-state index contributed by atoms with van der Waals surface area (Å²) >= 11 is 5.91. The summed E-state index contributed by atoms with van der Waals surface area (Å²) in [5.41, 5.74) is 6.74. The Labute approximate surface area is 122 Å². The van der Waals surface area contributed by atoms with Crippen molar-refractivity contribution in [2.45, 2.75) is 26.3 Å². The molecule has 0 amide bonds. The van der Waals surface area contributed by atoms with Crippen molar-refractivity contribution in [1.29, 1.82) is 0 Å². The van der Waals surface area contributed by atoms with Gasteiger partial charge in [-0.15, -0.1) is 6.42 Å². The van der Waals surface area contributed by atoms with Crippen LogP contribution in [0.2, 0.25) is 5.02 Å². The maximum absolute atomic E-state index is 14.0. The molecule has 2 rings (SSSR count). The molecular formula is C15H15ClFN3. The lowest BCUT2D eigenvalue weighted by molar-refractivity contribution is 0.631. The van der Waals surface area contributed by atoms with Gasteiger partial charge in [0.05, 0.1) is 6.54 Å². The Bertz CT molecular complexity index is 683. The number of imidazole rings is 1. The zero-order valence-electron chi connectivity index (χ0n) is 11.3. The quantitative estimate of drug-likeness (QED) is 0.877. The molecule has 0 saturated heterocycles. The number of hydrogen-bond acceptors (Lipinski definition) is 2. The Morgan fingerprint density at radius 1 is 1.50 bits per heavy atom. The highest BCUT2D eigenvalue weighted by molar-refractivity contribution is 6.30. The molecule has 2 N–H and O–H groups in total. The molecule has 1 aromatic heterocycles. The number of nitrogens with zero attached hydrogens (tertiary/aromatic N) is 2. The maximum atomic E-state index is 14.0. The minimum absolute atomic E-state index is 0.127. The van der Waals surface area contributed by atoms with Gasteiger partial charge in [-0.2, -0.15) is 0 Å². The van der Waals surface area contributed by atoms with Gasteiger partial charge in [0.15, 0.2) is 0 Å². The molecule has 0 radical (unpaired) electrons. The summed E-state index contributed by atoms with van der Waals surface area (Å²) in [6.45, 7) is 4.26. The fourth-order valence-electron chi connectivity index (χ4n) is 2.06. The van der Waals surface area contributed by atoms with Crippen molar-refractivity contribution in [3.05, 3.63) is 34.9 Å². The van der Waals surface area contributed by atoms with Crippen molar-refractivity contribution < 1.29 is 4.39 Å². The highest BCUT2D eigenvalue weighted by Gasteiger charge is 2.20. The van der Waals surface area contributed by atoms with Gasteiger partial charge < -0.3 is 10.3 Å². The van der Waals surface area contributed by atoms with E-state index in [2.05, 4.69) is 10.9 Å². The first-order valence-corrected chi connectivity index (χ1v) is 6.58. The summed E-state index contributed by atoms with van der Waals surface area (Å²) in [5.74, 6) is 3.33. The molecule has 5 heteroatoms. The van der Waals surface area contributed by atoms with Crippen LogP contribution >= 0.6 is 11.6 Å². The average molecular weight is 292 g/mol. The standard InChI is InChI=1S/C15H15ClFN3/c1-4-7-20-14(18)13(19-15(20)9(2)3)11-8-10(16)5-6-12(11)17/h1,5-6,8-9H,7,18H2,2-3H3. The highest BCUT2D eigenvalue weighted by atomic mass is 35.5. The summed E-state index contributed by atoms with van der Waals surface area (Å²) in [4.78, 5) is 4.44. The number of terminal acetylenes is 1. The first-order valence-electron chi connectivity index (χ1n) is 6.20. The van der Waals surface area contributed by atoms with Gasteiger partial charge in [-0.1, -0.05) is 31.4 Å². The smallest absolute Gasteiger partial charge is 0.132 e. The molecule has 104 valence electrons. The van der Waals surface area contributed by atoms with Crippen LogP contribution in [0.5, 0.6) is 0 Å². The number of aromatic nitrogens is 2. The third kappa shape index (κ3) is 2.50. The van der Waals surface area contributed by atoms with E-state index < -0.39 is 5.82 Å². The molecule has 1 aromatic carbocycles. The summed E-state index contributed by atoms with van der Waals surface area (Å²) in [6.07, 6.45) is 5.35. The van der Waals surface area contributed by atoms with Crippen molar-refractivity contribution in [2.75, 3.05) is 5.73 Å². The lowest BCUT2D eigenvalue weighted by Gasteiger charge is -2.08. The van der Waals surface area contributed by atoms with Crippen LogP contribution in [-0.4, -0.2) is 9.55 Å². The number of nitrogens with two attached hydrogens (primary N) is 1. The van der Waals surface area contributed by atoms with E-state index in [1.54, 1.807) is 4.57 Å². The SMILES string of the molecule is C#CCn1c(C(C)C)nc(-c2cc(Cl)ccc2F)c1N. The number of rotatable bonds is 3. The van der Waals surface area contributed by atoms with Crippen molar-refractivity contribution in [2.24, 2.45) is 0 Å². The van der Waals surface area contributed by atoms with Crippen LogP contribution in [0, 0.1) is 18.2 Å². The Hall–Kier alpha value is -1.99. The predicted octanol–water partition coefficient (Wildman–Crippen LogP) is 3.68. The molecule has 0 fully saturated rings. The maximum Gasteiger partial charge on any atom is 0.132 e. The molecule has 1 heterocycles. The van der Waals surface area contributed by atoms with Gasteiger partial charge in [0, 0.05) is 16.5 Å². The molecule has 0 atom stereocenters. The first kappa shape index (κ1) is 14.4. The second-order valence-electron chi connectivity index (χ2n) is 4.77. The van der Waals surface area contributed by atoms with Crippen molar-refractivity contribution in [1.82, 2.24) is 9.55 Å². The zero-order valence-corrected chi connectivity index (χ0v) is 12.1. The van der Waals surface area contributed by atoms with E-state index in [9.17, 15) is 4.39 Å². The first-order chi connectivity index (χ1) is 9.45. The molecule has 0 spiro atoms. The lowest BCUT2D eigenvalue weighted by Crippen LogP contribution is -2.07. The molecule has 0 unspecified atom stereocenters. The van der Waals surface area contributed by atoms with E-state index in [0.29, 0.717) is 23.1 Å². The number of benzene rings is 1. The third-order valence-corrected chi connectivity index (χ3v) is 3.22. The van der Waals surface area contributed by atoms with Gasteiger partial charge in [-0.25, -0.2) is 9.37 Å². The van der Waals surface area contributed by atoms with Crippen LogP contribution in [-0.2, 0) is 6.54 Å². The second kappa shape index (κ2) is 5.56. The Morgan fingerprint density at radius 2 is 2.20 bits per heavy atom. The Kier molecular flexibility index (Phi) is 4.01. The third-order valence-electron chi connectivity index (χ3n) is 2.99. The Morgan fingerprint density at radius 3 is 2.80 bits per heavy atom. The largest absolute Gasteiger partial charge is 0.383 e. The summed E-state index contributed by atoms with van der Waals surface area (Å²) in [7, 11) is 0. The molecule has 0 bridgehead atoms. The summed E-state index contributed by atoms with van der Waals surface area (Å²) in [5, 5.41) is 0.429. The topological polar surface area (TPSA) is 43.8 Å². The van der Waals surface area contributed by atoms with Gasteiger partial charge >= 0.3 is 0 Å². The van der Waals surface area contributed by atoms with E-state index in [0.717, 1.165) is 5.82 Å². The van der Waals surface area contributed by atoms with Crippen LogP contribution in [0.4, 0.5) is 10.2 Å². The van der Waals surface area contributed by atoms with E-state index >= 15 is 0 Å². The van der Waals surface area contributed by atoms with Gasteiger partial charge in [-0.3, -0.25) is 0 Å². The van der Waals surface area contributed by atoms with Crippen LogP contribution < -0.4 is 5.73 Å². The van der Waals surface area contributed by atoms with Gasteiger partial charge in [-0.05, 0) is 18.2 Å². The van der Waals surface area contributed by atoms with Crippen molar-refractivity contribution in [3.63, 3.8) is 0 Å². The fourth-order valence-corrected chi connectivity index (χ4v) is 2.23.